The molecule has 0 spiro atoms. The Hall–Kier alpha value is -3.00. The molecule has 61 heavy (non-hydrogen) atoms. The number of rotatable bonds is 16. The van der Waals surface area contributed by atoms with Crippen molar-refractivity contribution in [2.24, 2.45) is 0 Å². The fourth-order valence-electron chi connectivity index (χ4n) is 2.77. The van der Waals surface area contributed by atoms with Crippen LogP contribution in [-0.4, -0.2) is 141 Å². The maximum Gasteiger partial charge on any atom is 0.368 e. The highest BCUT2D eigenvalue weighted by Crippen LogP contribution is 2.27. The van der Waals surface area contributed by atoms with Crippen LogP contribution in [0.5, 0.6) is 5.75 Å². The van der Waals surface area contributed by atoms with Gasteiger partial charge >= 0.3 is 11.9 Å². The molecule has 0 heterocycles. The normalized spacial score (nSPS) is 9.30. The van der Waals surface area contributed by atoms with Gasteiger partial charge in [-0.25, -0.2) is 9.59 Å². The number of benzene rings is 1. The third kappa shape index (κ3) is 108. The van der Waals surface area contributed by atoms with Gasteiger partial charge in [-0.1, -0.05) is 76.8 Å². The first-order valence-electron chi connectivity index (χ1n) is 21.1. The van der Waals surface area contributed by atoms with Gasteiger partial charge in [0.2, 0.25) is 0 Å². The minimum absolute atomic E-state index is 0.184. The summed E-state index contributed by atoms with van der Waals surface area (Å²) >= 11 is 0. The van der Waals surface area contributed by atoms with Crippen LogP contribution in [0.4, 0.5) is 0 Å². The van der Waals surface area contributed by atoms with Crippen LogP contribution in [0.15, 0.2) is 54.6 Å². The maximum atomic E-state index is 12.0. The molecule has 0 saturated carbocycles. The van der Waals surface area contributed by atoms with E-state index in [1.165, 1.54) is 26.2 Å². The van der Waals surface area contributed by atoms with Crippen LogP contribution in [0, 0.1) is 0 Å². The number of ether oxygens (including phenoxy) is 2. The Labute approximate surface area is 371 Å². The highest BCUT2D eigenvalue weighted by molar-refractivity contribution is 5.87. The second kappa shape index (κ2) is 84.5. The Morgan fingerprint density at radius 3 is 1.08 bits per heavy atom. The van der Waals surface area contributed by atoms with Crippen molar-refractivity contribution in [3.63, 3.8) is 0 Å². The van der Waals surface area contributed by atoms with Crippen molar-refractivity contribution in [1.29, 1.82) is 0 Å². The molecular weight excluding hydrogens is 796 g/mol. The number of carbonyl (C=O) groups excluding carboxylic acids is 2. The van der Waals surface area contributed by atoms with E-state index in [2.05, 4.69) is 20.1 Å². The van der Waals surface area contributed by atoms with Gasteiger partial charge < -0.3 is 60.5 Å². The molecule has 0 aliphatic heterocycles. The van der Waals surface area contributed by atoms with Gasteiger partial charge in [0.25, 0.3) is 5.79 Å². The molecule has 0 amide bonds. The molecular formula is C45H96O16. The van der Waals surface area contributed by atoms with Crippen LogP contribution < -0.4 is 4.74 Å². The number of carbonyl (C=O) groups is 2. The van der Waals surface area contributed by atoms with Crippen molar-refractivity contribution in [3.05, 3.63) is 54.6 Å². The number of esters is 1. The van der Waals surface area contributed by atoms with Crippen molar-refractivity contribution in [1.82, 2.24) is 0 Å². The Morgan fingerprint density at radius 2 is 0.787 bits per heavy atom. The molecule has 0 radical (unpaired) electrons. The molecule has 1 aromatic rings. The number of hydrogen-bond acceptors (Lipinski definition) is 16. The third-order valence-corrected chi connectivity index (χ3v) is 4.60. The van der Waals surface area contributed by atoms with Crippen LogP contribution in [-0.2, 0) is 24.1 Å². The Bertz CT molecular complexity index is 825. The molecule has 1 atom stereocenters. The summed E-state index contributed by atoms with van der Waals surface area (Å²) in [4.78, 5) is 34.4. The quantitative estimate of drug-likeness (QED) is 0.0226. The fourth-order valence-corrected chi connectivity index (χ4v) is 2.77. The van der Waals surface area contributed by atoms with Crippen molar-refractivity contribution in [2.75, 3.05) is 72.7 Å². The molecule has 0 aliphatic carbocycles. The van der Waals surface area contributed by atoms with Crippen LogP contribution >= 0.6 is 0 Å². The SMILES string of the molecule is C=C(C)C(=O)OCC(CCCCCCCCC)(OOC(=O)C(=C)C)Oc1ccccc1.CCO.CCO.CCO.CCO.CCO.CCO.CCO.CCO.CCO.CCO. The summed E-state index contributed by atoms with van der Waals surface area (Å²) < 4.78 is 11.4. The first-order valence-corrected chi connectivity index (χ1v) is 21.1. The Balaban J connectivity index is -0.0000000879. The monoisotopic (exact) mass is 893 g/mol. The second-order valence-electron chi connectivity index (χ2n) is 11.0. The zero-order chi connectivity index (χ0) is 50.2. The van der Waals surface area contributed by atoms with Gasteiger partial charge in [-0.2, -0.15) is 0 Å². The van der Waals surface area contributed by atoms with Crippen LogP contribution in [0.25, 0.3) is 0 Å². The lowest BCUT2D eigenvalue weighted by Crippen LogP contribution is -2.45. The minimum atomic E-state index is -1.49. The van der Waals surface area contributed by atoms with E-state index < -0.39 is 17.7 Å². The number of unbranched alkanes of at least 4 members (excludes halogenated alkanes) is 6. The first-order chi connectivity index (χ1) is 28.9. The van der Waals surface area contributed by atoms with Crippen molar-refractivity contribution in [3.8, 4) is 5.75 Å². The van der Waals surface area contributed by atoms with Gasteiger partial charge in [0.05, 0.1) is 0 Å². The van der Waals surface area contributed by atoms with Crippen LogP contribution in [0.1, 0.15) is 141 Å². The number of aliphatic hydroxyl groups excluding tert-OH is 10. The van der Waals surface area contributed by atoms with E-state index in [4.69, 9.17) is 70.3 Å². The molecule has 0 fully saturated rings. The molecule has 0 aliphatic rings. The average molecular weight is 893 g/mol. The van der Waals surface area contributed by atoms with E-state index >= 15 is 0 Å². The average Bonchev–Trinajstić information content (AvgIpc) is 3.19. The highest BCUT2D eigenvalue weighted by Gasteiger charge is 2.39. The molecule has 0 bridgehead atoms. The zero-order valence-corrected chi connectivity index (χ0v) is 40.7. The van der Waals surface area contributed by atoms with Crippen LogP contribution in [0.2, 0.25) is 0 Å². The van der Waals surface area contributed by atoms with E-state index in [-0.39, 0.29) is 83.8 Å². The lowest BCUT2D eigenvalue weighted by Gasteiger charge is -2.31. The Morgan fingerprint density at radius 1 is 0.492 bits per heavy atom. The van der Waals surface area contributed by atoms with Crippen LogP contribution in [0.3, 0.4) is 0 Å². The summed E-state index contributed by atoms with van der Waals surface area (Å²) in [5.74, 6) is -2.27. The van der Waals surface area contributed by atoms with Gasteiger partial charge in [-0.15, -0.1) is 4.89 Å². The Kier molecular flexibility index (Phi) is 113. The maximum absolute atomic E-state index is 12.0. The zero-order valence-electron chi connectivity index (χ0n) is 40.7. The van der Waals surface area contributed by atoms with E-state index in [1.807, 2.05) is 18.2 Å². The number of hydrogen-bond donors (Lipinski definition) is 10. The van der Waals surface area contributed by atoms with Crippen molar-refractivity contribution in [2.45, 2.75) is 147 Å². The predicted octanol–water partition coefficient (Wildman–Crippen LogP) is 6.06. The van der Waals surface area contributed by atoms with Crippen molar-refractivity contribution < 1.29 is 79.9 Å². The van der Waals surface area contributed by atoms with E-state index in [1.54, 1.807) is 88.3 Å². The van der Waals surface area contributed by atoms with E-state index in [0.717, 1.165) is 25.7 Å². The lowest BCUT2D eigenvalue weighted by molar-refractivity contribution is -0.391. The topological polar surface area (TPSA) is 273 Å². The number of para-hydroxylation sites is 1. The summed E-state index contributed by atoms with van der Waals surface area (Å²) in [7, 11) is 0. The summed E-state index contributed by atoms with van der Waals surface area (Å²) in [6.45, 7) is 31.5. The smallest absolute Gasteiger partial charge is 0.368 e. The highest BCUT2D eigenvalue weighted by atomic mass is 17.2. The summed E-state index contributed by atoms with van der Waals surface area (Å²) in [6, 6.07) is 8.99. The van der Waals surface area contributed by atoms with Crippen molar-refractivity contribution >= 4 is 11.9 Å². The van der Waals surface area contributed by atoms with Gasteiger partial charge in [0, 0.05) is 83.6 Å². The first kappa shape index (κ1) is 81.8. The molecule has 0 saturated heterocycles. The second-order valence-corrected chi connectivity index (χ2v) is 11.0. The summed E-state index contributed by atoms with van der Waals surface area (Å²) in [5.41, 5.74) is 0.437. The molecule has 1 aromatic carbocycles. The van der Waals surface area contributed by atoms with Gasteiger partial charge in [-0.3, -0.25) is 4.89 Å². The fraction of sp³-hybridized carbons (Fsp3) is 0.733. The van der Waals surface area contributed by atoms with Gasteiger partial charge in [0.1, 0.15) is 5.75 Å². The van der Waals surface area contributed by atoms with E-state index in [9.17, 15) is 9.59 Å². The molecule has 10 N–H and O–H groups in total. The molecule has 16 heteroatoms. The van der Waals surface area contributed by atoms with Gasteiger partial charge in [-0.05, 0) is 102 Å². The minimum Gasteiger partial charge on any atom is -0.455 e. The molecule has 1 rings (SSSR count). The third-order valence-electron chi connectivity index (χ3n) is 4.60. The lowest BCUT2D eigenvalue weighted by atomic mass is 10.0. The standard InChI is InChI=1S/C25H36O6.10C2H6O/c1-6-7-8-9-10-11-15-18-25(19-28-23(26)20(2)3,31-30-24(27)21(4)5)29-22-16-13-12-14-17-22;10*1-2-3/h12-14,16-17H,2,4,6-11,15,18-19H2,1,3,5H3;10*3H,2H2,1H3. The molecule has 372 valence electrons. The van der Waals surface area contributed by atoms with Gasteiger partial charge in [0.15, 0.2) is 6.61 Å². The predicted molar refractivity (Wildman–Crippen MR) is 248 cm³/mol. The summed E-state index contributed by atoms with van der Waals surface area (Å²) in [6.07, 6.45) is 7.95. The number of aliphatic hydroxyl groups is 10. The largest absolute Gasteiger partial charge is 0.455 e. The molecule has 1 unspecified atom stereocenters. The summed E-state index contributed by atoms with van der Waals surface area (Å²) in [5, 5.41) is 75.7. The molecule has 0 aromatic heterocycles. The molecule has 16 nitrogen and oxygen atoms in total. The van der Waals surface area contributed by atoms with E-state index in [0.29, 0.717) is 12.2 Å².